The van der Waals surface area contributed by atoms with Crippen LogP contribution in [0.15, 0.2) is 36.4 Å². The predicted octanol–water partition coefficient (Wildman–Crippen LogP) is 2.54. The first-order chi connectivity index (χ1) is 10.1. The third kappa shape index (κ3) is 2.84. The predicted molar refractivity (Wildman–Crippen MR) is 85.4 cm³/mol. The van der Waals surface area contributed by atoms with Crippen molar-refractivity contribution in [2.75, 3.05) is 32.1 Å². The van der Waals surface area contributed by atoms with Gasteiger partial charge in [-0.05, 0) is 31.0 Å². The van der Waals surface area contributed by atoms with Crippen LogP contribution in [0.3, 0.4) is 0 Å². The van der Waals surface area contributed by atoms with Crippen molar-refractivity contribution in [2.24, 2.45) is 5.92 Å². The summed E-state index contributed by atoms with van der Waals surface area (Å²) in [5.74, 6) is 1.28. The van der Waals surface area contributed by atoms with Crippen molar-refractivity contribution >= 4 is 22.6 Å². The molecule has 0 N–H and O–H groups in total. The van der Waals surface area contributed by atoms with Gasteiger partial charge < -0.3 is 9.80 Å². The number of benzene rings is 1. The van der Waals surface area contributed by atoms with Crippen LogP contribution in [0.2, 0.25) is 0 Å². The van der Waals surface area contributed by atoms with Crippen LogP contribution < -0.4 is 4.90 Å². The molecule has 0 radical (unpaired) electrons. The molecule has 21 heavy (non-hydrogen) atoms. The molecule has 1 unspecified atom stereocenters. The average Bonchev–Trinajstić information content (AvgIpc) is 2.53. The van der Waals surface area contributed by atoms with Gasteiger partial charge >= 0.3 is 0 Å². The number of amides is 1. The second kappa shape index (κ2) is 5.72. The minimum Gasteiger partial charge on any atom is -0.356 e. The number of carbonyl (C=O) groups is 1. The molecule has 1 saturated heterocycles. The lowest BCUT2D eigenvalue weighted by molar-refractivity contribution is -0.133. The van der Waals surface area contributed by atoms with Crippen LogP contribution in [-0.2, 0) is 4.79 Å². The number of anilines is 1. The summed E-state index contributed by atoms with van der Waals surface area (Å²) in [4.78, 5) is 20.8. The second-order valence-corrected chi connectivity index (χ2v) is 5.88. The Morgan fingerprint density at radius 2 is 2.05 bits per heavy atom. The van der Waals surface area contributed by atoms with Crippen molar-refractivity contribution in [3.63, 3.8) is 0 Å². The standard InChI is InChI=1S/C17H21N3O/c1-19(2)17(21)14-7-5-11-20(12-14)16-10-9-13-6-3-4-8-15(13)18-16/h3-4,6,8-10,14H,5,7,11-12H2,1-2H3. The molecule has 1 atom stereocenters. The molecule has 0 spiro atoms. The Bertz CT molecular complexity index is 653. The SMILES string of the molecule is CN(C)C(=O)C1CCCN(c2ccc3ccccc3n2)C1. The summed E-state index contributed by atoms with van der Waals surface area (Å²) >= 11 is 0. The zero-order valence-corrected chi connectivity index (χ0v) is 12.6. The number of aromatic nitrogens is 1. The fraction of sp³-hybridized carbons (Fsp3) is 0.412. The summed E-state index contributed by atoms with van der Waals surface area (Å²) in [5, 5.41) is 1.15. The maximum absolute atomic E-state index is 12.2. The Balaban J connectivity index is 1.83. The van der Waals surface area contributed by atoms with E-state index in [0.717, 1.165) is 42.7 Å². The van der Waals surface area contributed by atoms with Crippen molar-refractivity contribution < 1.29 is 4.79 Å². The first-order valence-corrected chi connectivity index (χ1v) is 7.47. The molecule has 1 aliphatic rings. The average molecular weight is 283 g/mol. The highest BCUT2D eigenvalue weighted by molar-refractivity contribution is 5.81. The zero-order valence-electron chi connectivity index (χ0n) is 12.6. The van der Waals surface area contributed by atoms with Crippen LogP contribution in [0, 0.1) is 5.92 Å². The summed E-state index contributed by atoms with van der Waals surface area (Å²) < 4.78 is 0. The number of pyridine rings is 1. The van der Waals surface area contributed by atoms with Crippen LogP contribution in [0.4, 0.5) is 5.82 Å². The molecule has 1 aliphatic heterocycles. The Morgan fingerprint density at radius 3 is 2.86 bits per heavy atom. The lowest BCUT2D eigenvalue weighted by Crippen LogP contribution is -2.43. The number of hydrogen-bond acceptors (Lipinski definition) is 3. The Hall–Kier alpha value is -2.10. The van der Waals surface area contributed by atoms with Gasteiger partial charge in [0.1, 0.15) is 5.82 Å². The molecular weight excluding hydrogens is 262 g/mol. The number of carbonyl (C=O) groups excluding carboxylic acids is 1. The summed E-state index contributed by atoms with van der Waals surface area (Å²) in [5.41, 5.74) is 1.01. The molecule has 2 aromatic rings. The normalized spacial score (nSPS) is 18.8. The molecule has 4 heteroatoms. The van der Waals surface area contributed by atoms with Crippen LogP contribution in [-0.4, -0.2) is 43.0 Å². The molecule has 1 aromatic carbocycles. The maximum Gasteiger partial charge on any atom is 0.226 e. The van der Waals surface area contributed by atoms with E-state index in [0.29, 0.717) is 0 Å². The molecular formula is C17H21N3O. The van der Waals surface area contributed by atoms with Crippen molar-refractivity contribution in [1.82, 2.24) is 9.88 Å². The number of para-hydroxylation sites is 1. The van der Waals surface area contributed by atoms with Gasteiger partial charge in [0, 0.05) is 32.6 Å². The molecule has 1 fully saturated rings. The van der Waals surface area contributed by atoms with Gasteiger partial charge in [-0.15, -0.1) is 0 Å². The van der Waals surface area contributed by atoms with Gasteiger partial charge in [-0.1, -0.05) is 18.2 Å². The molecule has 3 rings (SSSR count). The smallest absolute Gasteiger partial charge is 0.226 e. The van der Waals surface area contributed by atoms with Crippen molar-refractivity contribution in [3.05, 3.63) is 36.4 Å². The number of nitrogens with zero attached hydrogens (tertiary/aromatic N) is 3. The second-order valence-electron chi connectivity index (χ2n) is 5.88. The zero-order chi connectivity index (χ0) is 14.8. The van der Waals surface area contributed by atoms with Crippen LogP contribution in [0.25, 0.3) is 10.9 Å². The third-order valence-corrected chi connectivity index (χ3v) is 4.12. The van der Waals surface area contributed by atoms with Crippen molar-refractivity contribution in [3.8, 4) is 0 Å². The number of rotatable bonds is 2. The minimum absolute atomic E-state index is 0.0852. The first-order valence-electron chi connectivity index (χ1n) is 7.47. The number of fused-ring (bicyclic) bond motifs is 1. The molecule has 110 valence electrons. The van der Waals surface area contributed by atoms with E-state index < -0.39 is 0 Å². The Labute approximate surface area is 125 Å². The number of hydrogen-bond donors (Lipinski definition) is 0. The minimum atomic E-state index is 0.0852. The van der Waals surface area contributed by atoms with E-state index in [1.165, 1.54) is 0 Å². The monoisotopic (exact) mass is 283 g/mol. The summed E-state index contributed by atoms with van der Waals surface area (Å²) in [6, 6.07) is 12.3. The summed E-state index contributed by atoms with van der Waals surface area (Å²) in [7, 11) is 3.66. The maximum atomic E-state index is 12.2. The molecule has 4 nitrogen and oxygen atoms in total. The largest absolute Gasteiger partial charge is 0.356 e. The lowest BCUT2D eigenvalue weighted by atomic mass is 9.96. The van der Waals surface area contributed by atoms with E-state index >= 15 is 0 Å². The lowest BCUT2D eigenvalue weighted by Gasteiger charge is -2.34. The Morgan fingerprint density at radius 1 is 1.24 bits per heavy atom. The number of piperidine rings is 1. The van der Waals surface area contributed by atoms with Crippen LogP contribution >= 0.6 is 0 Å². The van der Waals surface area contributed by atoms with Crippen LogP contribution in [0.1, 0.15) is 12.8 Å². The van der Waals surface area contributed by atoms with Gasteiger partial charge in [0.05, 0.1) is 11.4 Å². The van der Waals surface area contributed by atoms with Crippen molar-refractivity contribution in [1.29, 1.82) is 0 Å². The molecule has 0 bridgehead atoms. The van der Waals surface area contributed by atoms with Gasteiger partial charge in [-0.2, -0.15) is 0 Å². The highest BCUT2D eigenvalue weighted by Crippen LogP contribution is 2.24. The van der Waals surface area contributed by atoms with E-state index in [4.69, 9.17) is 4.98 Å². The van der Waals surface area contributed by atoms with E-state index in [-0.39, 0.29) is 11.8 Å². The molecule has 0 saturated carbocycles. The van der Waals surface area contributed by atoms with E-state index in [1.54, 1.807) is 4.90 Å². The summed E-state index contributed by atoms with van der Waals surface area (Å²) in [6.07, 6.45) is 2.01. The topological polar surface area (TPSA) is 36.4 Å². The van der Waals surface area contributed by atoms with Gasteiger partial charge in [0.2, 0.25) is 5.91 Å². The third-order valence-electron chi connectivity index (χ3n) is 4.12. The van der Waals surface area contributed by atoms with E-state index in [2.05, 4.69) is 23.1 Å². The van der Waals surface area contributed by atoms with E-state index in [1.807, 2.05) is 32.3 Å². The molecule has 2 heterocycles. The first kappa shape index (κ1) is 13.9. The van der Waals surface area contributed by atoms with Gasteiger partial charge in [-0.25, -0.2) is 4.98 Å². The van der Waals surface area contributed by atoms with Crippen LogP contribution in [0.5, 0.6) is 0 Å². The quantitative estimate of drug-likeness (QED) is 0.850. The van der Waals surface area contributed by atoms with E-state index in [9.17, 15) is 4.79 Å². The van der Waals surface area contributed by atoms with Gasteiger partial charge in [0.25, 0.3) is 0 Å². The Kier molecular flexibility index (Phi) is 3.78. The molecule has 1 amide bonds. The molecule has 0 aliphatic carbocycles. The fourth-order valence-corrected chi connectivity index (χ4v) is 2.98. The molecule has 1 aromatic heterocycles. The highest BCUT2D eigenvalue weighted by atomic mass is 16.2. The highest BCUT2D eigenvalue weighted by Gasteiger charge is 2.27. The fourth-order valence-electron chi connectivity index (χ4n) is 2.98. The van der Waals surface area contributed by atoms with Gasteiger partial charge in [0.15, 0.2) is 0 Å². The van der Waals surface area contributed by atoms with Gasteiger partial charge in [-0.3, -0.25) is 4.79 Å². The summed E-state index contributed by atoms with van der Waals surface area (Å²) in [6.45, 7) is 1.74. The van der Waals surface area contributed by atoms with Crippen molar-refractivity contribution in [2.45, 2.75) is 12.8 Å².